The Hall–Kier alpha value is -1.77. The van der Waals surface area contributed by atoms with E-state index in [0.29, 0.717) is 51.7 Å². The maximum atomic E-state index is 12.0. The van der Waals surface area contributed by atoms with Crippen LogP contribution in [0.4, 0.5) is 0 Å². The number of hydrogen-bond donors (Lipinski definition) is 0. The van der Waals surface area contributed by atoms with Gasteiger partial charge in [-0.05, 0) is 66.5 Å². The summed E-state index contributed by atoms with van der Waals surface area (Å²) >= 11 is 2.27. The largest absolute Gasteiger partial charge is 0.494 e. The van der Waals surface area contributed by atoms with Gasteiger partial charge < -0.3 is 9.47 Å². The summed E-state index contributed by atoms with van der Waals surface area (Å²) in [7, 11) is 0. The number of carbonyl (C=O) groups excluding carboxylic acids is 4. The summed E-state index contributed by atoms with van der Waals surface area (Å²) in [5.74, 6) is 1.14. The average molecular weight is 657 g/mol. The van der Waals surface area contributed by atoms with Gasteiger partial charge in [0.1, 0.15) is 34.6 Å². The number of ketones is 4. The van der Waals surface area contributed by atoms with Crippen LogP contribution in [0.15, 0.2) is 18.2 Å². The number of ether oxygens (including phenoxy) is 2. The zero-order valence-corrected chi connectivity index (χ0v) is 26.7. The Balaban J connectivity index is 2.23. The van der Waals surface area contributed by atoms with Crippen LogP contribution in [0, 0.1) is 15.4 Å². The van der Waals surface area contributed by atoms with Crippen molar-refractivity contribution in [3.63, 3.8) is 0 Å². The van der Waals surface area contributed by atoms with Crippen molar-refractivity contribution in [2.75, 3.05) is 13.2 Å². The Labute approximate surface area is 249 Å². The van der Waals surface area contributed by atoms with E-state index in [-0.39, 0.29) is 23.1 Å². The van der Waals surface area contributed by atoms with Crippen molar-refractivity contribution >= 4 is 45.7 Å². The molecule has 0 saturated heterocycles. The van der Waals surface area contributed by atoms with Crippen molar-refractivity contribution in [2.24, 2.45) is 11.8 Å². The van der Waals surface area contributed by atoms with Crippen LogP contribution < -0.4 is 9.47 Å². The lowest BCUT2D eigenvalue weighted by Crippen LogP contribution is -2.22. The van der Waals surface area contributed by atoms with Gasteiger partial charge in [-0.15, -0.1) is 0 Å². The molecule has 220 valence electrons. The Kier molecular flexibility index (Phi) is 19.0. The number of hydrogen-bond acceptors (Lipinski definition) is 6. The highest BCUT2D eigenvalue weighted by atomic mass is 127. The van der Waals surface area contributed by atoms with Gasteiger partial charge in [-0.3, -0.25) is 19.2 Å². The summed E-state index contributed by atoms with van der Waals surface area (Å²) in [4.78, 5) is 48.0. The maximum Gasteiger partial charge on any atom is 0.143 e. The molecule has 0 saturated carbocycles. The molecule has 0 aliphatic rings. The lowest BCUT2D eigenvalue weighted by molar-refractivity contribution is -0.134. The molecule has 0 heterocycles. The number of halogens is 1. The second kappa shape index (κ2) is 21.0. The summed E-state index contributed by atoms with van der Waals surface area (Å²) in [6.45, 7) is 8.57. The van der Waals surface area contributed by atoms with Crippen LogP contribution >= 0.6 is 22.6 Å². The van der Waals surface area contributed by atoms with Gasteiger partial charge in [-0.1, -0.05) is 66.2 Å². The summed E-state index contributed by atoms with van der Waals surface area (Å²) in [6, 6.07) is 5.87. The molecule has 0 aliphatic heterocycles. The SMILES string of the molecule is CCC(=O)C(CCCCCCOc1ccc(OCCCCCCC(C(=O)CC)C(=O)CC)c(I)c1)C(=O)CC. The predicted octanol–water partition coefficient (Wildman–Crippen LogP) is 8.10. The molecule has 0 N–H and O–H groups in total. The highest BCUT2D eigenvalue weighted by molar-refractivity contribution is 14.1. The van der Waals surface area contributed by atoms with E-state index in [9.17, 15) is 19.2 Å². The molecule has 0 aromatic heterocycles. The van der Waals surface area contributed by atoms with Gasteiger partial charge in [0.2, 0.25) is 0 Å². The number of carbonyl (C=O) groups is 4. The monoisotopic (exact) mass is 656 g/mol. The average Bonchev–Trinajstić information content (AvgIpc) is 2.95. The molecule has 1 rings (SSSR count). The van der Waals surface area contributed by atoms with Crippen molar-refractivity contribution in [2.45, 2.75) is 118 Å². The highest BCUT2D eigenvalue weighted by Gasteiger charge is 2.23. The minimum absolute atomic E-state index is 0.0722. The van der Waals surface area contributed by atoms with E-state index < -0.39 is 11.8 Å². The third-order valence-electron chi connectivity index (χ3n) is 7.15. The predicted molar refractivity (Wildman–Crippen MR) is 164 cm³/mol. The first-order valence-electron chi connectivity index (χ1n) is 14.9. The second-order valence-corrected chi connectivity index (χ2v) is 11.2. The van der Waals surface area contributed by atoms with Crippen molar-refractivity contribution in [3.8, 4) is 11.5 Å². The van der Waals surface area contributed by atoms with E-state index in [2.05, 4.69) is 22.6 Å². The number of Topliss-reactive ketones (excluding diaryl/α,β-unsaturated/α-hetero) is 4. The van der Waals surface area contributed by atoms with Gasteiger partial charge in [-0.2, -0.15) is 0 Å². The van der Waals surface area contributed by atoms with Gasteiger partial charge in [0.05, 0.1) is 28.6 Å². The molecule has 0 spiro atoms. The van der Waals surface area contributed by atoms with E-state index in [1.54, 1.807) is 0 Å². The van der Waals surface area contributed by atoms with Crippen molar-refractivity contribution in [1.82, 2.24) is 0 Å². The van der Waals surface area contributed by atoms with Crippen LogP contribution in [0.1, 0.15) is 118 Å². The molecule has 0 atom stereocenters. The molecule has 0 aliphatic carbocycles. The lowest BCUT2D eigenvalue weighted by Gasteiger charge is -2.13. The van der Waals surface area contributed by atoms with Crippen LogP contribution in [0.3, 0.4) is 0 Å². The Bertz CT molecular complexity index is 865. The summed E-state index contributed by atoms with van der Waals surface area (Å²) < 4.78 is 12.9. The van der Waals surface area contributed by atoms with E-state index in [1.807, 2.05) is 45.9 Å². The van der Waals surface area contributed by atoms with Gasteiger partial charge in [0, 0.05) is 25.7 Å². The third kappa shape index (κ3) is 13.9. The normalized spacial score (nSPS) is 11.2. The molecular weight excluding hydrogens is 607 g/mol. The smallest absolute Gasteiger partial charge is 0.143 e. The Morgan fingerprint density at radius 1 is 0.615 bits per heavy atom. The first-order chi connectivity index (χ1) is 18.8. The first kappa shape index (κ1) is 35.3. The number of benzene rings is 1. The molecule has 0 fully saturated rings. The summed E-state index contributed by atoms with van der Waals surface area (Å²) in [6.07, 6.45) is 10.7. The minimum atomic E-state index is -0.411. The maximum absolute atomic E-state index is 12.0. The highest BCUT2D eigenvalue weighted by Crippen LogP contribution is 2.26. The zero-order chi connectivity index (χ0) is 29.0. The third-order valence-corrected chi connectivity index (χ3v) is 8.00. The second-order valence-electron chi connectivity index (χ2n) is 10.1. The lowest BCUT2D eigenvalue weighted by atomic mass is 9.90. The van der Waals surface area contributed by atoms with Gasteiger partial charge >= 0.3 is 0 Å². The zero-order valence-electron chi connectivity index (χ0n) is 24.5. The Morgan fingerprint density at radius 3 is 1.44 bits per heavy atom. The Morgan fingerprint density at radius 2 is 1.03 bits per heavy atom. The number of rotatable bonds is 24. The van der Waals surface area contributed by atoms with Crippen molar-refractivity contribution < 1.29 is 28.7 Å². The molecule has 39 heavy (non-hydrogen) atoms. The number of unbranched alkanes of at least 4 members (excludes halogenated alkanes) is 6. The van der Waals surface area contributed by atoms with Crippen LogP contribution in [0.25, 0.3) is 0 Å². The fourth-order valence-corrected chi connectivity index (χ4v) is 5.30. The minimum Gasteiger partial charge on any atom is -0.494 e. The van der Waals surface area contributed by atoms with Crippen LogP contribution in [-0.2, 0) is 19.2 Å². The van der Waals surface area contributed by atoms with Crippen molar-refractivity contribution in [1.29, 1.82) is 0 Å². The molecular formula is C32H49IO6. The molecule has 0 unspecified atom stereocenters. The molecule has 1 aromatic carbocycles. The van der Waals surface area contributed by atoms with Gasteiger partial charge in [0.25, 0.3) is 0 Å². The quantitative estimate of drug-likeness (QED) is 0.0635. The topological polar surface area (TPSA) is 86.7 Å². The van der Waals surface area contributed by atoms with Crippen molar-refractivity contribution in [3.05, 3.63) is 21.8 Å². The fraction of sp³-hybridized carbons (Fsp3) is 0.688. The van der Waals surface area contributed by atoms with Gasteiger partial charge in [0.15, 0.2) is 0 Å². The molecule has 7 heteroatoms. The van der Waals surface area contributed by atoms with E-state index in [0.717, 1.165) is 66.4 Å². The molecule has 6 nitrogen and oxygen atoms in total. The van der Waals surface area contributed by atoms with Crippen LogP contribution in [-0.4, -0.2) is 36.3 Å². The molecule has 1 aromatic rings. The van der Waals surface area contributed by atoms with E-state index in [4.69, 9.17) is 9.47 Å². The van der Waals surface area contributed by atoms with Crippen LogP contribution in [0.5, 0.6) is 11.5 Å². The van der Waals surface area contributed by atoms with E-state index >= 15 is 0 Å². The molecule has 0 radical (unpaired) electrons. The van der Waals surface area contributed by atoms with E-state index in [1.165, 1.54) is 0 Å². The standard InChI is InChI=1S/C32H49IO6/c1-5-28(34)25(29(35)6-2)17-13-9-11-15-21-38-24-19-20-32(27(33)23-24)39-22-16-12-10-14-18-26(30(36)7-3)31(37)8-4/h19-20,23,25-26H,5-18,21-22H2,1-4H3. The first-order valence-corrected chi connectivity index (χ1v) is 16.0. The summed E-state index contributed by atoms with van der Waals surface area (Å²) in [5, 5.41) is 0. The van der Waals surface area contributed by atoms with Crippen LogP contribution in [0.2, 0.25) is 0 Å². The molecule has 0 amide bonds. The van der Waals surface area contributed by atoms with Gasteiger partial charge in [-0.25, -0.2) is 0 Å². The summed E-state index contributed by atoms with van der Waals surface area (Å²) in [5.41, 5.74) is 0. The fourth-order valence-electron chi connectivity index (χ4n) is 4.66. The molecule has 0 bridgehead atoms.